The Bertz CT molecular complexity index is 874. The third-order valence-electron chi connectivity index (χ3n) is 6.16. The maximum absolute atomic E-state index is 6.01. The van der Waals surface area contributed by atoms with Gasteiger partial charge in [0.25, 0.3) is 0 Å². The molecular weight excluding hydrogens is 374 g/mol. The summed E-state index contributed by atoms with van der Waals surface area (Å²) in [7, 11) is 0. The van der Waals surface area contributed by atoms with E-state index in [2.05, 4.69) is 45.4 Å². The molecule has 2 aromatic rings. The minimum Gasteiger partial charge on any atom is -0.365 e. The van der Waals surface area contributed by atoms with Gasteiger partial charge in [0.1, 0.15) is 12.4 Å². The highest BCUT2D eigenvalue weighted by Crippen LogP contribution is 2.21. The summed E-state index contributed by atoms with van der Waals surface area (Å²) in [6.45, 7) is 12.4. The van der Waals surface area contributed by atoms with Gasteiger partial charge in [0.2, 0.25) is 0 Å². The standard InChI is InChI=1S/C24H33N5O/c1-20(2)28-16-14-27(15-17-28)11-5-6-18-30-21-9-12-29(13-10-21)24-19-25-22-7-3-4-8-23(22)26-24/h3-4,7-8,19-21H,9-18H2,1-2H3. The molecule has 2 aliphatic rings. The van der Waals surface area contributed by atoms with Gasteiger partial charge in [-0.2, -0.15) is 0 Å². The number of benzene rings is 1. The van der Waals surface area contributed by atoms with Crippen molar-refractivity contribution in [2.45, 2.75) is 38.8 Å². The number of aromatic nitrogens is 2. The maximum Gasteiger partial charge on any atom is 0.147 e. The number of nitrogens with zero attached hydrogens (tertiary/aromatic N) is 5. The zero-order valence-corrected chi connectivity index (χ0v) is 18.3. The first-order valence-electron chi connectivity index (χ1n) is 11.2. The lowest BCUT2D eigenvalue weighted by Crippen LogP contribution is -2.48. The molecule has 0 aliphatic carbocycles. The van der Waals surface area contributed by atoms with Gasteiger partial charge >= 0.3 is 0 Å². The van der Waals surface area contributed by atoms with Crippen LogP contribution in [0, 0.1) is 11.8 Å². The number of anilines is 1. The quantitative estimate of drug-likeness (QED) is 0.710. The Kier molecular flexibility index (Phi) is 7.16. The lowest BCUT2D eigenvalue weighted by Gasteiger charge is -2.36. The van der Waals surface area contributed by atoms with E-state index in [1.54, 1.807) is 0 Å². The zero-order chi connectivity index (χ0) is 20.8. The van der Waals surface area contributed by atoms with Gasteiger partial charge in [-0.3, -0.25) is 14.8 Å². The molecule has 3 heterocycles. The molecule has 6 nitrogen and oxygen atoms in total. The Morgan fingerprint density at radius 1 is 1.00 bits per heavy atom. The number of hydrogen-bond acceptors (Lipinski definition) is 6. The Morgan fingerprint density at radius 2 is 1.73 bits per heavy atom. The molecule has 2 saturated heterocycles. The molecule has 0 saturated carbocycles. The first-order chi connectivity index (χ1) is 14.7. The molecule has 1 aromatic carbocycles. The Morgan fingerprint density at radius 3 is 2.47 bits per heavy atom. The van der Waals surface area contributed by atoms with E-state index >= 15 is 0 Å². The van der Waals surface area contributed by atoms with E-state index in [1.807, 2.05) is 30.5 Å². The molecule has 0 unspecified atom stereocenters. The number of rotatable bonds is 5. The van der Waals surface area contributed by atoms with Crippen LogP contribution in [-0.2, 0) is 4.74 Å². The molecule has 1 aromatic heterocycles. The first-order valence-corrected chi connectivity index (χ1v) is 11.2. The van der Waals surface area contributed by atoms with Crippen LogP contribution < -0.4 is 4.90 Å². The van der Waals surface area contributed by atoms with Crippen molar-refractivity contribution < 1.29 is 4.74 Å². The normalized spacial score (nSPS) is 19.2. The SMILES string of the molecule is CC(C)N1CCN(CC#CCOC2CCN(c3cnc4ccccc4n3)CC2)CC1. The van der Waals surface area contributed by atoms with E-state index in [4.69, 9.17) is 9.72 Å². The number of para-hydroxylation sites is 2. The highest BCUT2D eigenvalue weighted by molar-refractivity contribution is 5.75. The fourth-order valence-corrected chi connectivity index (χ4v) is 4.17. The second kappa shape index (κ2) is 10.2. The van der Waals surface area contributed by atoms with Gasteiger partial charge in [-0.05, 0) is 38.8 Å². The molecular formula is C24H33N5O. The van der Waals surface area contributed by atoms with E-state index in [-0.39, 0.29) is 0 Å². The summed E-state index contributed by atoms with van der Waals surface area (Å²) in [6.07, 6.45) is 4.19. The van der Waals surface area contributed by atoms with Crippen LogP contribution in [0.5, 0.6) is 0 Å². The van der Waals surface area contributed by atoms with Crippen LogP contribution in [0.4, 0.5) is 5.82 Å². The molecule has 0 radical (unpaired) electrons. The molecule has 0 spiro atoms. The molecule has 0 atom stereocenters. The Balaban J connectivity index is 1.16. The topological polar surface area (TPSA) is 44.7 Å². The van der Waals surface area contributed by atoms with E-state index in [1.165, 1.54) is 0 Å². The fraction of sp³-hybridized carbons (Fsp3) is 0.583. The molecule has 4 rings (SSSR count). The molecule has 0 N–H and O–H groups in total. The van der Waals surface area contributed by atoms with E-state index in [0.717, 1.165) is 75.5 Å². The summed E-state index contributed by atoms with van der Waals surface area (Å²) in [4.78, 5) is 16.6. The predicted molar refractivity (Wildman–Crippen MR) is 122 cm³/mol. The Hall–Kier alpha value is -2.20. The monoisotopic (exact) mass is 407 g/mol. The third-order valence-corrected chi connectivity index (χ3v) is 6.16. The summed E-state index contributed by atoms with van der Waals surface area (Å²) in [5, 5.41) is 0. The third kappa shape index (κ3) is 5.48. The molecule has 0 amide bonds. The first kappa shape index (κ1) is 21.0. The van der Waals surface area contributed by atoms with Crippen molar-refractivity contribution in [3.05, 3.63) is 30.5 Å². The van der Waals surface area contributed by atoms with Crippen molar-refractivity contribution in [1.29, 1.82) is 0 Å². The molecule has 2 fully saturated rings. The van der Waals surface area contributed by atoms with Crippen LogP contribution >= 0.6 is 0 Å². The average molecular weight is 408 g/mol. The number of ether oxygens (including phenoxy) is 1. The summed E-state index contributed by atoms with van der Waals surface area (Å²) in [5.41, 5.74) is 1.90. The van der Waals surface area contributed by atoms with E-state index in [9.17, 15) is 0 Å². The summed E-state index contributed by atoms with van der Waals surface area (Å²) >= 11 is 0. The van der Waals surface area contributed by atoms with Crippen molar-refractivity contribution in [3.63, 3.8) is 0 Å². The predicted octanol–water partition coefficient (Wildman–Crippen LogP) is 2.64. The van der Waals surface area contributed by atoms with Crippen molar-refractivity contribution in [3.8, 4) is 11.8 Å². The van der Waals surface area contributed by atoms with Crippen molar-refractivity contribution in [2.75, 3.05) is 57.3 Å². The van der Waals surface area contributed by atoms with Gasteiger partial charge in [-0.25, -0.2) is 4.98 Å². The second-order valence-corrected chi connectivity index (χ2v) is 8.47. The molecule has 160 valence electrons. The van der Waals surface area contributed by atoms with Gasteiger partial charge < -0.3 is 9.64 Å². The molecule has 2 aliphatic heterocycles. The van der Waals surface area contributed by atoms with Gasteiger partial charge in [0.15, 0.2) is 0 Å². The van der Waals surface area contributed by atoms with E-state index in [0.29, 0.717) is 18.8 Å². The van der Waals surface area contributed by atoms with Crippen molar-refractivity contribution in [1.82, 2.24) is 19.8 Å². The van der Waals surface area contributed by atoms with Gasteiger partial charge in [0.05, 0.1) is 29.9 Å². The lowest BCUT2D eigenvalue weighted by atomic mass is 10.1. The summed E-state index contributed by atoms with van der Waals surface area (Å²) in [6, 6.07) is 8.66. The largest absolute Gasteiger partial charge is 0.365 e. The average Bonchev–Trinajstić information content (AvgIpc) is 2.79. The lowest BCUT2D eigenvalue weighted by molar-refractivity contribution is 0.0593. The number of hydrogen-bond donors (Lipinski definition) is 0. The van der Waals surface area contributed by atoms with Gasteiger partial charge in [-0.15, -0.1) is 0 Å². The van der Waals surface area contributed by atoms with E-state index < -0.39 is 0 Å². The smallest absolute Gasteiger partial charge is 0.147 e. The highest BCUT2D eigenvalue weighted by atomic mass is 16.5. The maximum atomic E-state index is 6.01. The summed E-state index contributed by atoms with van der Waals surface area (Å²) < 4.78 is 6.01. The van der Waals surface area contributed by atoms with Crippen LogP contribution in [0.3, 0.4) is 0 Å². The molecule has 30 heavy (non-hydrogen) atoms. The van der Waals surface area contributed by atoms with Crippen molar-refractivity contribution in [2.24, 2.45) is 0 Å². The fourth-order valence-electron chi connectivity index (χ4n) is 4.17. The van der Waals surface area contributed by atoms with Gasteiger partial charge in [-0.1, -0.05) is 24.0 Å². The number of piperazine rings is 1. The van der Waals surface area contributed by atoms with Crippen LogP contribution in [0.2, 0.25) is 0 Å². The van der Waals surface area contributed by atoms with Crippen LogP contribution in [0.1, 0.15) is 26.7 Å². The minimum absolute atomic E-state index is 0.290. The van der Waals surface area contributed by atoms with Crippen molar-refractivity contribution >= 4 is 16.9 Å². The number of fused-ring (bicyclic) bond motifs is 1. The zero-order valence-electron chi connectivity index (χ0n) is 18.3. The van der Waals surface area contributed by atoms with Crippen LogP contribution in [0.15, 0.2) is 30.5 Å². The second-order valence-electron chi connectivity index (χ2n) is 8.47. The highest BCUT2D eigenvalue weighted by Gasteiger charge is 2.21. The molecule has 6 heteroatoms. The Labute approximate surface area is 180 Å². The van der Waals surface area contributed by atoms with Gasteiger partial charge in [0, 0.05) is 45.3 Å². The summed E-state index contributed by atoms with van der Waals surface area (Å²) in [5.74, 6) is 7.47. The molecule has 0 bridgehead atoms. The van der Waals surface area contributed by atoms with Crippen LogP contribution in [0.25, 0.3) is 11.0 Å². The van der Waals surface area contributed by atoms with Crippen LogP contribution in [-0.4, -0.2) is 84.3 Å². The minimum atomic E-state index is 0.290. The number of piperidine rings is 1.